The van der Waals surface area contributed by atoms with E-state index in [1.807, 2.05) is 0 Å². The lowest BCUT2D eigenvalue weighted by atomic mass is 9.77. The molecule has 0 spiro atoms. The fraction of sp³-hybridized carbons (Fsp3) is 0.500. The summed E-state index contributed by atoms with van der Waals surface area (Å²) in [6.07, 6.45) is 4.27. The molecule has 1 amide bonds. The largest absolute Gasteiger partial charge is 0.506 e. The molecule has 0 heterocycles. The number of amides is 1. The number of carbonyl (C=O) groups is 2. The molecule has 0 atom stereocenters. The number of carboxylic acids is 1. The number of phenols is 1. The lowest BCUT2D eigenvalue weighted by molar-refractivity contribution is -0.152. The minimum atomic E-state index is -1.07. The van der Waals surface area contributed by atoms with Crippen LogP contribution in [0.1, 0.15) is 44.9 Å². The van der Waals surface area contributed by atoms with E-state index in [0.29, 0.717) is 12.8 Å². The van der Waals surface area contributed by atoms with Crippen LogP contribution in [0.2, 0.25) is 0 Å². The normalized spacial score (nSPS) is 17.5. The van der Waals surface area contributed by atoms with Crippen molar-refractivity contribution in [1.29, 1.82) is 0 Å². The van der Waals surface area contributed by atoms with Crippen molar-refractivity contribution in [2.75, 3.05) is 5.32 Å². The molecule has 0 aliphatic heterocycles. The van der Waals surface area contributed by atoms with Crippen molar-refractivity contribution < 1.29 is 24.2 Å². The van der Waals surface area contributed by atoms with E-state index in [1.165, 1.54) is 0 Å². The number of aromatic hydroxyl groups is 1. The van der Waals surface area contributed by atoms with Gasteiger partial charge in [0.15, 0.2) is 0 Å². The fourth-order valence-electron chi connectivity index (χ4n) is 2.98. The number of carboxylic acid groups (broad SMARTS) is 1. The van der Waals surface area contributed by atoms with Crippen LogP contribution in [-0.4, -0.2) is 22.1 Å². The molecular formula is C16H20FNO4. The summed E-state index contributed by atoms with van der Waals surface area (Å²) in [6.45, 7) is 0. The number of phenolic OH excluding ortho intramolecular Hbond substituents is 1. The molecule has 6 heteroatoms. The van der Waals surface area contributed by atoms with E-state index in [-0.39, 0.29) is 17.9 Å². The first kappa shape index (κ1) is 16.3. The quantitative estimate of drug-likeness (QED) is 0.588. The lowest BCUT2D eigenvalue weighted by Gasteiger charge is -2.27. The second-order valence-electron chi connectivity index (χ2n) is 5.89. The van der Waals surface area contributed by atoms with Crippen LogP contribution in [0.3, 0.4) is 0 Å². The molecule has 120 valence electrons. The van der Waals surface area contributed by atoms with Crippen molar-refractivity contribution in [3.63, 3.8) is 0 Å². The number of anilines is 1. The average molecular weight is 309 g/mol. The van der Waals surface area contributed by atoms with E-state index >= 15 is 0 Å². The lowest BCUT2D eigenvalue weighted by Crippen LogP contribution is -2.35. The molecule has 5 nitrogen and oxygen atoms in total. The van der Waals surface area contributed by atoms with Gasteiger partial charge in [0.05, 0.1) is 11.1 Å². The molecule has 0 bridgehead atoms. The van der Waals surface area contributed by atoms with Crippen LogP contribution in [0.5, 0.6) is 5.75 Å². The number of nitrogens with one attached hydrogen (secondary N) is 1. The smallest absolute Gasteiger partial charge is 0.310 e. The highest BCUT2D eigenvalue weighted by atomic mass is 19.1. The Labute approximate surface area is 128 Å². The number of carbonyl (C=O) groups excluding carboxylic acids is 1. The summed E-state index contributed by atoms with van der Waals surface area (Å²) in [5.74, 6) is -2.33. The van der Waals surface area contributed by atoms with E-state index in [2.05, 4.69) is 5.32 Å². The Morgan fingerprint density at radius 2 is 1.82 bits per heavy atom. The molecule has 1 fully saturated rings. The molecule has 2 rings (SSSR count). The van der Waals surface area contributed by atoms with Gasteiger partial charge >= 0.3 is 5.97 Å². The van der Waals surface area contributed by atoms with Crippen LogP contribution in [0.25, 0.3) is 0 Å². The molecule has 1 aliphatic carbocycles. The maximum absolute atomic E-state index is 13.2. The van der Waals surface area contributed by atoms with Gasteiger partial charge in [0, 0.05) is 12.5 Å². The highest BCUT2D eigenvalue weighted by molar-refractivity contribution is 5.95. The first-order valence-electron chi connectivity index (χ1n) is 7.45. The minimum Gasteiger partial charge on any atom is -0.506 e. The predicted molar refractivity (Wildman–Crippen MR) is 79.1 cm³/mol. The maximum atomic E-state index is 13.2. The molecule has 0 aromatic heterocycles. The van der Waals surface area contributed by atoms with E-state index in [4.69, 9.17) is 0 Å². The van der Waals surface area contributed by atoms with Crippen molar-refractivity contribution in [1.82, 2.24) is 0 Å². The summed E-state index contributed by atoms with van der Waals surface area (Å²) in [7, 11) is 0. The van der Waals surface area contributed by atoms with Crippen molar-refractivity contribution in [2.24, 2.45) is 5.41 Å². The molecule has 22 heavy (non-hydrogen) atoms. The molecule has 0 radical (unpaired) electrons. The Bertz CT molecular complexity index is 565. The van der Waals surface area contributed by atoms with Crippen LogP contribution in [0, 0.1) is 11.2 Å². The Hall–Kier alpha value is -2.11. The predicted octanol–water partition coefficient (Wildman–Crippen LogP) is 3.29. The van der Waals surface area contributed by atoms with Crippen LogP contribution in [0.15, 0.2) is 18.2 Å². The van der Waals surface area contributed by atoms with Crippen molar-refractivity contribution >= 4 is 17.6 Å². The summed E-state index contributed by atoms with van der Waals surface area (Å²) in [4.78, 5) is 23.8. The van der Waals surface area contributed by atoms with E-state index in [1.54, 1.807) is 0 Å². The highest BCUT2D eigenvalue weighted by Gasteiger charge is 2.40. The molecule has 0 saturated heterocycles. The number of halogens is 1. The van der Waals surface area contributed by atoms with Crippen LogP contribution in [-0.2, 0) is 9.59 Å². The number of benzene rings is 1. The van der Waals surface area contributed by atoms with Gasteiger partial charge in [-0.1, -0.05) is 25.7 Å². The molecule has 1 saturated carbocycles. The van der Waals surface area contributed by atoms with Gasteiger partial charge in [-0.15, -0.1) is 0 Å². The summed E-state index contributed by atoms with van der Waals surface area (Å²) >= 11 is 0. The monoisotopic (exact) mass is 309 g/mol. The van der Waals surface area contributed by atoms with Gasteiger partial charge < -0.3 is 15.5 Å². The van der Waals surface area contributed by atoms with Crippen molar-refractivity contribution in [3.05, 3.63) is 24.0 Å². The number of rotatable bonds is 4. The number of hydrogen-bond donors (Lipinski definition) is 3. The highest BCUT2D eigenvalue weighted by Crippen LogP contribution is 2.39. The topological polar surface area (TPSA) is 86.6 Å². The second-order valence-corrected chi connectivity index (χ2v) is 5.89. The van der Waals surface area contributed by atoms with Gasteiger partial charge in [0.2, 0.25) is 5.91 Å². The third-order valence-electron chi connectivity index (χ3n) is 4.25. The summed E-state index contributed by atoms with van der Waals surface area (Å²) in [5.41, 5.74) is -1.11. The first-order chi connectivity index (χ1) is 10.4. The van der Waals surface area contributed by atoms with Crippen molar-refractivity contribution in [2.45, 2.75) is 44.9 Å². The molecule has 3 N–H and O–H groups in total. The van der Waals surface area contributed by atoms with E-state index in [9.17, 15) is 24.2 Å². The molecule has 1 aliphatic rings. The SMILES string of the molecule is O=C(CC1(C(=O)O)CCCCCC1)Nc1cc(F)ccc1O. The zero-order chi connectivity index (χ0) is 16.2. The van der Waals surface area contributed by atoms with Gasteiger partial charge in [-0.25, -0.2) is 4.39 Å². The molecular weight excluding hydrogens is 289 g/mol. The van der Waals surface area contributed by atoms with Gasteiger partial charge in [-0.3, -0.25) is 9.59 Å². The Morgan fingerprint density at radius 3 is 2.41 bits per heavy atom. The standard InChI is InChI=1S/C16H20FNO4/c17-11-5-6-13(19)12(9-11)18-14(20)10-16(15(21)22)7-3-1-2-4-8-16/h5-6,9,19H,1-4,7-8,10H2,(H,18,20)(H,21,22). The Balaban J connectivity index is 2.11. The third kappa shape index (κ3) is 3.75. The van der Waals surface area contributed by atoms with E-state index in [0.717, 1.165) is 43.9 Å². The fourth-order valence-corrected chi connectivity index (χ4v) is 2.98. The summed E-state index contributed by atoms with van der Waals surface area (Å²) in [5, 5.41) is 21.6. The number of hydrogen-bond acceptors (Lipinski definition) is 3. The van der Waals surface area contributed by atoms with Crippen LogP contribution >= 0.6 is 0 Å². The summed E-state index contributed by atoms with van der Waals surface area (Å²) in [6, 6.07) is 3.23. The first-order valence-corrected chi connectivity index (χ1v) is 7.45. The Kier molecular flexibility index (Phi) is 5.00. The van der Waals surface area contributed by atoms with Crippen molar-refractivity contribution in [3.8, 4) is 5.75 Å². The number of aliphatic carboxylic acids is 1. The zero-order valence-corrected chi connectivity index (χ0v) is 12.3. The minimum absolute atomic E-state index is 0.0424. The summed E-state index contributed by atoms with van der Waals surface area (Å²) < 4.78 is 13.2. The van der Waals surface area contributed by atoms with Gasteiger partial charge in [0.25, 0.3) is 0 Å². The van der Waals surface area contributed by atoms with Gasteiger partial charge in [0.1, 0.15) is 11.6 Å². The average Bonchev–Trinajstić information content (AvgIpc) is 2.69. The van der Waals surface area contributed by atoms with Gasteiger partial charge in [-0.05, 0) is 25.0 Å². The van der Waals surface area contributed by atoms with E-state index < -0.39 is 23.1 Å². The zero-order valence-electron chi connectivity index (χ0n) is 12.3. The third-order valence-corrected chi connectivity index (χ3v) is 4.25. The molecule has 1 aromatic carbocycles. The van der Waals surface area contributed by atoms with Crippen LogP contribution < -0.4 is 5.32 Å². The second kappa shape index (κ2) is 6.77. The molecule has 1 aromatic rings. The molecule has 0 unspecified atom stereocenters. The van der Waals surface area contributed by atoms with Crippen LogP contribution in [0.4, 0.5) is 10.1 Å². The van der Waals surface area contributed by atoms with Gasteiger partial charge in [-0.2, -0.15) is 0 Å². The maximum Gasteiger partial charge on any atom is 0.310 e. The Morgan fingerprint density at radius 1 is 1.18 bits per heavy atom.